The summed E-state index contributed by atoms with van der Waals surface area (Å²) in [6, 6.07) is 62.6. The second kappa shape index (κ2) is 19.8. The van der Waals surface area contributed by atoms with E-state index in [1.54, 1.807) is 24.5 Å². The minimum atomic E-state index is 0. The van der Waals surface area contributed by atoms with Gasteiger partial charge in [-0.25, -0.2) is 0 Å². The fourth-order valence-corrected chi connectivity index (χ4v) is 9.18. The van der Waals surface area contributed by atoms with Crippen molar-refractivity contribution < 1.29 is 60.7 Å². The number of benzene rings is 6. The van der Waals surface area contributed by atoms with E-state index in [0.717, 1.165) is 71.0 Å². The Balaban J connectivity index is 0.00000269. The van der Waals surface area contributed by atoms with Crippen molar-refractivity contribution in [3.63, 3.8) is 0 Å². The third-order valence-electron chi connectivity index (χ3n) is 12.3. The average molecular weight is 1250 g/mol. The minimum Gasteiger partial charge on any atom is -0.511 e. The van der Waals surface area contributed by atoms with E-state index in [1.165, 1.54) is 37.1 Å². The van der Waals surface area contributed by atoms with E-state index >= 15 is 0 Å². The Bertz CT molecular complexity index is 3170. The molecule has 0 amide bonds. The summed E-state index contributed by atoms with van der Waals surface area (Å²) < 4.78 is 21.1. The summed E-state index contributed by atoms with van der Waals surface area (Å²) in [5.41, 5.74) is 11.2. The number of imidazole rings is 2. The molecule has 12 heteroatoms. The molecule has 0 saturated carbocycles. The van der Waals surface area contributed by atoms with Gasteiger partial charge in [0.25, 0.3) is 12.7 Å². The van der Waals surface area contributed by atoms with Crippen LogP contribution in [0, 0.1) is 36.9 Å². The molecule has 6 aromatic carbocycles. The molecular formula is C56H42N8O2Pt2-4. The number of hydrogen-bond acceptors (Lipinski definition) is 6. The van der Waals surface area contributed by atoms with E-state index in [1.807, 2.05) is 57.7 Å². The van der Waals surface area contributed by atoms with Gasteiger partial charge in [-0.05, 0) is 73.7 Å². The normalized spacial score (nSPS) is 13.4. The van der Waals surface area contributed by atoms with Crippen molar-refractivity contribution >= 4 is 33.4 Å². The summed E-state index contributed by atoms with van der Waals surface area (Å²) in [6.45, 7) is 4.22. The van der Waals surface area contributed by atoms with Crippen LogP contribution >= 0.6 is 0 Å². The van der Waals surface area contributed by atoms with Crippen molar-refractivity contribution in [1.82, 2.24) is 19.1 Å². The molecule has 0 N–H and O–H groups in total. The molecule has 68 heavy (non-hydrogen) atoms. The van der Waals surface area contributed by atoms with Gasteiger partial charge in [0.05, 0.1) is 33.4 Å². The van der Waals surface area contributed by atoms with Crippen molar-refractivity contribution in [3.05, 3.63) is 195 Å². The number of rotatable bonds is 11. The van der Waals surface area contributed by atoms with Gasteiger partial charge < -0.3 is 38.4 Å². The second-order valence-electron chi connectivity index (χ2n) is 16.5. The maximum atomic E-state index is 6.39. The molecule has 0 bridgehead atoms. The van der Waals surface area contributed by atoms with Crippen LogP contribution in [0.2, 0.25) is 0 Å². The molecule has 2 saturated heterocycles. The van der Waals surface area contributed by atoms with Crippen molar-refractivity contribution in [2.24, 2.45) is 0 Å². The fourth-order valence-electron chi connectivity index (χ4n) is 9.18. The van der Waals surface area contributed by atoms with E-state index in [0.29, 0.717) is 34.4 Å². The molecule has 2 aliphatic rings. The van der Waals surface area contributed by atoms with E-state index < -0.39 is 0 Å². The van der Waals surface area contributed by atoms with Gasteiger partial charge in [0, 0.05) is 103 Å². The van der Waals surface area contributed by atoms with Crippen LogP contribution < -0.4 is 28.4 Å². The molecule has 342 valence electrons. The van der Waals surface area contributed by atoms with Crippen molar-refractivity contribution in [3.8, 4) is 57.1 Å². The standard InChI is InChI=1S/C56H42N8O2.2Pt/c1-3-21-51(49(19-1)59-31-9-10-32-59)63-39-61(53-23-5-7-25-55(53)63)41-15-13-17-43(35-41)65-45-27-29-57-47(37-45)48-38-46(28-30-58-48)66-44-18-14-16-42(36-44)62-40-64(56-26-8-6-24-54(56)62)52-22-4-2-20-50(52)60-33-11-12-34-60;;/h1-8,13-30H,9-12,31-34H2;;/q-4;;. The molecule has 0 radical (unpaired) electrons. The zero-order chi connectivity index (χ0) is 43.8. The summed E-state index contributed by atoms with van der Waals surface area (Å²) in [6.07, 6.45) is 15.4. The van der Waals surface area contributed by atoms with Crippen molar-refractivity contribution in [2.75, 3.05) is 36.0 Å². The first-order valence-corrected chi connectivity index (χ1v) is 22.5. The molecule has 0 spiro atoms. The number of anilines is 2. The van der Waals surface area contributed by atoms with E-state index in [-0.39, 0.29) is 42.1 Å². The van der Waals surface area contributed by atoms with Crippen molar-refractivity contribution in [2.45, 2.75) is 25.7 Å². The topological polar surface area (TPSA) is 68.3 Å². The molecule has 2 aliphatic heterocycles. The Morgan fingerprint density at radius 3 is 1.22 bits per heavy atom. The SMILES string of the molecule is [Pt].[Pt].[c-]1c(Oc2[c-]c(-c3[c-]c(Oc4[c-]c(-[n+]5[c-]n(-c6ccccc6N6CCCC6)c6ccccc65)ccc4)ccn3)ncc2)cccc1-[n+]1[c-]n(-c2ccccc2N2CCCC2)c2ccccc21. The number of fused-ring (bicyclic) bond motifs is 2. The predicted octanol–water partition coefficient (Wildman–Crippen LogP) is 10.2. The number of nitrogens with zero attached hydrogens (tertiary/aromatic N) is 8. The van der Waals surface area contributed by atoms with E-state index in [2.05, 4.69) is 151 Å². The van der Waals surface area contributed by atoms with Crippen LogP contribution in [0.15, 0.2) is 158 Å². The summed E-state index contributed by atoms with van der Waals surface area (Å²) in [4.78, 5) is 14.1. The van der Waals surface area contributed by atoms with Crippen molar-refractivity contribution in [1.29, 1.82) is 0 Å². The monoisotopic (exact) mass is 1250 g/mol. The Morgan fingerprint density at radius 2 is 0.779 bits per heavy atom. The molecule has 10 nitrogen and oxygen atoms in total. The first kappa shape index (κ1) is 44.9. The Hall–Kier alpha value is -6.86. The molecule has 10 aromatic rings. The van der Waals surface area contributed by atoms with Gasteiger partial charge in [-0.3, -0.25) is 9.13 Å². The Labute approximate surface area is 424 Å². The first-order valence-electron chi connectivity index (χ1n) is 22.5. The van der Waals surface area contributed by atoms with Crippen LogP contribution in [0.1, 0.15) is 25.7 Å². The van der Waals surface area contributed by atoms with Crippen LogP contribution in [0.25, 0.3) is 56.2 Å². The van der Waals surface area contributed by atoms with Gasteiger partial charge >= 0.3 is 0 Å². The predicted molar refractivity (Wildman–Crippen MR) is 253 cm³/mol. The van der Waals surface area contributed by atoms with Crippen LogP contribution in [0.3, 0.4) is 0 Å². The number of para-hydroxylation sites is 8. The smallest absolute Gasteiger partial charge is 0.268 e. The molecule has 4 aromatic heterocycles. The summed E-state index contributed by atoms with van der Waals surface area (Å²) >= 11 is 0. The number of ether oxygens (including phenoxy) is 2. The van der Waals surface area contributed by atoms with Gasteiger partial charge in [-0.1, -0.05) is 72.8 Å². The zero-order valence-corrected chi connectivity index (χ0v) is 41.2. The number of hydrogen-bond donors (Lipinski definition) is 0. The number of aromatic nitrogens is 6. The molecule has 2 fully saturated rings. The van der Waals surface area contributed by atoms with Crippen LogP contribution in [0.5, 0.6) is 23.0 Å². The molecule has 6 heterocycles. The molecule has 12 rings (SSSR count). The summed E-state index contributed by atoms with van der Waals surface area (Å²) in [7, 11) is 0. The van der Waals surface area contributed by atoms with Crippen LogP contribution in [0.4, 0.5) is 11.4 Å². The zero-order valence-electron chi connectivity index (χ0n) is 36.7. The molecule has 0 atom stereocenters. The first-order chi connectivity index (χ1) is 32.7. The third-order valence-corrected chi connectivity index (χ3v) is 12.3. The summed E-state index contributed by atoms with van der Waals surface area (Å²) in [5.74, 6) is 1.97. The Morgan fingerprint density at radius 1 is 0.397 bits per heavy atom. The second-order valence-corrected chi connectivity index (χ2v) is 16.5. The molecule has 0 unspecified atom stereocenters. The van der Waals surface area contributed by atoms with Gasteiger partial charge in [0.15, 0.2) is 0 Å². The minimum absolute atomic E-state index is 0. The average Bonchev–Trinajstić information content (AvgIpc) is 4.22. The van der Waals surface area contributed by atoms with E-state index in [9.17, 15) is 0 Å². The van der Waals surface area contributed by atoms with Gasteiger partial charge in [-0.15, -0.1) is 47.8 Å². The fraction of sp³-hybridized carbons (Fsp3) is 0.143. The maximum absolute atomic E-state index is 6.39. The van der Waals surface area contributed by atoms with Crippen LogP contribution in [-0.4, -0.2) is 45.3 Å². The maximum Gasteiger partial charge on any atom is 0.268 e. The quantitative estimate of drug-likeness (QED) is 0.0950. The van der Waals surface area contributed by atoms with Crippen LogP contribution in [-0.2, 0) is 42.1 Å². The summed E-state index contributed by atoms with van der Waals surface area (Å²) in [5, 5.41) is 0. The Kier molecular flexibility index (Phi) is 13.1. The molecule has 0 aliphatic carbocycles. The van der Waals surface area contributed by atoms with Gasteiger partial charge in [-0.2, -0.15) is 36.4 Å². The largest absolute Gasteiger partial charge is 0.511 e. The molecular weight excluding hydrogens is 1210 g/mol. The van der Waals surface area contributed by atoms with E-state index in [4.69, 9.17) is 9.47 Å². The van der Waals surface area contributed by atoms with Gasteiger partial charge in [0.2, 0.25) is 0 Å². The van der Waals surface area contributed by atoms with Gasteiger partial charge in [0.1, 0.15) is 0 Å². The third kappa shape index (κ3) is 8.75. The number of pyridine rings is 2.